The van der Waals surface area contributed by atoms with Gasteiger partial charge in [-0.15, -0.1) is 0 Å². The predicted octanol–water partition coefficient (Wildman–Crippen LogP) is 0.932. The fourth-order valence-corrected chi connectivity index (χ4v) is 5.05. The summed E-state index contributed by atoms with van der Waals surface area (Å²) < 4.78 is 22.0. The van der Waals surface area contributed by atoms with E-state index in [1.807, 2.05) is 30.3 Å². The Bertz CT molecular complexity index is 1600. The summed E-state index contributed by atoms with van der Waals surface area (Å²) in [6.45, 7) is 3.36. The van der Waals surface area contributed by atoms with Crippen LogP contribution in [0, 0.1) is 6.92 Å². The summed E-state index contributed by atoms with van der Waals surface area (Å²) in [4.78, 5) is 67.5. The first-order valence-electron chi connectivity index (χ1n) is 15.9. The molecule has 3 heterocycles. The number of nitrogens with zero attached hydrogens (tertiary/aromatic N) is 2. The summed E-state index contributed by atoms with van der Waals surface area (Å²) in [5, 5.41) is 14.8. The van der Waals surface area contributed by atoms with Crippen molar-refractivity contribution in [2.75, 3.05) is 47.0 Å². The molecule has 1 aromatic heterocycles. The lowest BCUT2D eigenvalue weighted by molar-refractivity contribution is -0.136. The monoisotopic (exact) mass is 678 g/mol. The number of methoxy groups -OCH3 is 2. The lowest BCUT2D eigenvalue weighted by atomic mass is 10.0. The standard InChI is InChI=1S/C34H42N6O9/c1-21-15-25(49-39-21)19-30(42)40-13-12-36-34(45)26(16-23-9-6-5-7-10-23)38-32(43)22(2)37-33(44)24-17-27(46-3)31(28(18-24)47-4)48-14-8-11-35-29(41)20-40/h5-7,9-10,15,17-18,22,26H,8,11-14,16,19-20H2,1-4H3,(H,35,41)(H,36,45)(H,37,44)(H,38,43)/t22-,26+/m0/s1. The van der Waals surface area contributed by atoms with Crippen LogP contribution in [-0.2, 0) is 32.0 Å². The molecule has 0 spiro atoms. The van der Waals surface area contributed by atoms with Gasteiger partial charge in [-0.2, -0.15) is 0 Å². The third kappa shape index (κ3) is 10.4. The highest BCUT2D eigenvalue weighted by Crippen LogP contribution is 2.38. The van der Waals surface area contributed by atoms with Crippen LogP contribution in [0.2, 0.25) is 0 Å². The largest absolute Gasteiger partial charge is 0.493 e. The zero-order valence-corrected chi connectivity index (χ0v) is 28.0. The van der Waals surface area contributed by atoms with Gasteiger partial charge < -0.3 is 44.9 Å². The second-order valence-corrected chi connectivity index (χ2v) is 11.4. The number of ether oxygens (including phenoxy) is 3. The lowest BCUT2D eigenvalue weighted by Gasteiger charge is -2.24. The molecule has 2 aliphatic rings. The van der Waals surface area contributed by atoms with Crippen LogP contribution < -0.4 is 35.5 Å². The smallest absolute Gasteiger partial charge is 0.252 e. The van der Waals surface area contributed by atoms with Gasteiger partial charge in [-0.1, -0.05) is 35.5 Å². The van der Waals surface area contributed by atoms with Crippen molar-refractivity contribution < 1.29 is 42.7 Å². The Hall–Kier alpha value is -5.60. The van der Waals surface area contributed by atoms with Gasteiger partial charge in [0.1, 0.15) is 17.8 Å². The molecule has 15 nitrogen and oxygen atoms in total. The van der Waals surface area contributed by atoms with E-state index in [9.17, 15) is 24.0 Å². The predicted molar refractivity (Wildman–Crippen MR) is 176 cm³/mol. The summed E-state index contributed by atoms with van der Waals surface area (Å²) in [5.41, 5.74) is 1.56. The number of rotatable bonds is 6. The number of carbonyl (C=O) groups is 5. The van der Waals surface area contributed by atoms with Gasteiger partial charge in [-0.25, -0.2) is 0 Å². The number of aromatic nitrogens is 1. The Balaban J connectivity index is 1.59. The van der Waals surface area contributed by atoms with E-state index < -0.39 is 41.6 Å². The van der Waals surface area contributed by atoms with Gasteiger partial charge >= 0.3 is 0 Å². The third-order valence-electron chi connectivity index (χ3n) is 7.64. The average molecular weight is 679 g/mol. The quantitative estimate of drug-likeness (QED) is 0.273. The maximum Gasteiger partial charge on any atom is 0.252 e. The number of hydrogen-bond acceptors (Lipinski definition) is 10. The zero-order chi connectivity index (χ0) is 35.3. The van der Waals surface area contributed by atoms with E-state index in [-0.39, 0.29) is 68.4 Å². The molecule has 262 valence electrons. The number of carbonyl (C=O) groups excluding carboxylic acids is 5. The molecule has 0 radical (unpaired) electrons. The number of amides is 5. The zero-order valence-electron chi connectivity index (χ0n) is 28.0. The summed E-state index contributed by atoms with van der Waals surface area (Å²) >= 11 is 0. The van der Waals surface area contributed by atoms with Crippen LogP contribution in [0.25, 0.3) is 0 Å². The number of benzene rings is 2. The third-order valence-corrected chi connectivity index (χ3v) is 7.64. The first kappa shape index (κ1) is 36.2. The molecule has 4 N–H and O–H groups in total. The molecule has 2 aromatic carbocycles. The van der Waals surface area contributed by atoms with Crippen LogP contribution in [0.5, 0.6) is 17.2 Å². The lowest BCUT2D eigenvalue weighted by Crippen LogP contribution is -2.54. The van der Waals surface area contributed by atoms with Gasteiger partial charge in [0.25, 0.3) is 5.91 Å². The highest BCUT2D eigenvalue weighted by molar-refractivity contribution is 5.99. The van der Waals surface area contributed by atoms with Crippen LogP contribution in [0.1, 0.15) is 40.7 Å². The molecule has 3 aromatic rings. The molecule has 2 atom stereocenters. The molecule has 0 saturated heterocycles. The molecule has 0 saturated carbocycles. The van der Waals surface area contributed by atoms with Crippen LogP contribution in [0.3, 0.4) is 0 Å². The fourth-order valence-electron chi connectivity index (χ4n) is 5.05. The van der Waals surface area contributed by atoms with Crippen molar-refractivity contribution in [2.24, 2.45) is 0 Å². The number of hydrogen-bond donors (Lipinski definition) is 4. The van der Waals surface area contributed by atoms with Crippen LogP contribution in [-0.4, -0.2) is 98.7 Å². The Labute approximate surface area is 284 Å². The molecule has 49 heavy (non-hydrogen) atoms. The van der Waals surface area contributed by atoms with Gasteiger partial charge in [0.05, 0.1) is 39.5 Å². The molecule has 5 rings (SSSR count). The van der Waals surface area contributed by atoms with Crippen molar-refractivity contribution >= 4 is 29.5 Å². The van der Waals surface area contributed by atoms with E-state index in [1.54, 1.807) is 13.0 Å². The van der Waals surface area contributed by atoms with Crippen molar-refractivity contribution in [1.82, 2.24) is 31.3 Å². The number of nitrogens with one attached hydrogen (secondary N) is 4. The normalized spacial score (nSPS) is 18.5. The van der Waals surface area contributed by atoms with Crippen molar-refractivity contribution in [3.8, 4) is 17.2 Å². The summed E-state index contributed by atoms with van der Waals surface area (Å²) in [7, 11) is 2.83. The Kier molecular flexibility index (Phi) is 13.0. The van der Waals surface area contributed by atoms with Crippen molar-refractivity contribution in [1.29, 1.82) is 0 Å². The maximum atomic E-state index is 13.5. The van der Waals surface area contributed by atoms with Gasteiger partial charge in [0, 0.05) is 37.7 Å². The minimum absolute atomic E-state index is 0.00186. The Morgan fingerprint density at radius 1 is 0.959 bits per heavy atom. The van der Waals surface area contributed by atoms with Gasteiger partial charge in [0.15, 0.2) is 11.5 Å². The minimum atomic E-state index is -1.03. The summed E-state index contributed by atoms with van der Waals surface area (Å²) in [5.74, 6) is -1.45. The highest BCUT2D eigenvalue weighted by Gasteiger charge is 2.27. The second-order valence-electron chi connectivity index (χ2n) is 11.4. The van der Waals surface area contributed by atoms with E-state index in [2.05, 4.69) is 26.4 Å². The molecule has 15 heteroatoms. The van der Waals surface area contributed by atoms with Gasteiger partial charge in [-0.3, -0.25) is 24.0 Å². The molecule has 2 aliphatic heterocycles. The van der Waals surface area contributed by atoms with Crippen LogP contribution in [0.15, 0.2) is 53.1 Å². The van der Waals surface area contributed by atoms with E-state index >= 15 is 0 Å². The average Bonchev–Trinajstić information content (AvgIpc) is 3.50. The van der Waals surface area contributed by atoms with E-state index in [4.69, 9.17) is 18.7 Å². The Morgan fingerprint density at radius 2 is 1.67 bits per heavy atom. The van der Waals surface area contributed by atoms with E-state index in [1.165, 1.54) is 38.2 Å². The van der Waals surface area contributed by atoms with Gasteiger partial charge in [0.2, 0.25) is 29.4 Å². The van der Waals surface area contributed by atoms with Gasteiger partial charge in [-0.05, 0) is 38.0 Å². The first-order chi connectivity index (χ1) is 23.6. The SMILES string of the molecule is COc1cc2cc(OC)c1OCCCNC(=O)CN(C(=O)Cc1cc(C)no1)CCNC(=O)[C@@H](Cc1ccccc1)NC(=O)[C@H](C)NC2=O. The van der Waals surface area contributed by atoms with E-state index in [0.29, 0.717) is 17.9 Å². The summed E-state index contributed by atoms with van der Waals surface area (Å²) in [6.07, 6.45) is 0.427. The van der Waals surface area contributed by atoms with Crippen LogP contribution in [0.4, 0.5) is 0 Å². The maximum absolute atomic E-state index is 13.5. The highest BCUT2D eigenvalue weighted by atomic mass is 16.5. The fraction of sp³-hybridized carbons (Fsp3) is 0.412. The van der Waals surface area contributed by atoms with E-state index in [0.717, 1.165) is 5.56 Å². The molecular weight excluding hydrogens is 636 g/mol. The minimum Gasteiger partial charge on any atom is -0.493 e. The second kappa shape index (κ2) is 17.5. The van der Waals surface area contributed by atoms with Crippen LogP contribution >= 0.6 is 0 Å². The first-order valence-corrected chi connectivity index (χ1v) is 15.9. The Morgan fingerprint density at radius 3 is 2.33 bits per heavy atom. The number of aryl methyl sites for hydroxylation is 1. The molecule has 0 aliphatic carbocycles. The molecule has 2 bridgehead atoms. The van der Waals surface area contributed by atoms with Crippen molar-refractivity contribution in [3.05, 3.63) is 71.1 Å². The number of fused-ring (bicyclic) bond motifs is 19. The molecule has 0 unspecified atom stereocenters. The van der Waals surface area contributed by atoms with Crippen molar-refractivity contribution in [3.63, 3.8) is 0 Å². The molecule has 5 amide bonds. The summed E-state index contributed by atoms with van der Waals surface area (Å²) in [6, 6.07) is 11.6. The van der Waals surface area contributed by atoms with Crippen molar-refractivity contribution in [2.45, 2.75) is 45.2 Å². The molecular formula is C34H42N6O9. The molecule has 0 fully saturated rings. The topological polar surface area (TPSA) is 190 Å².